The molecule has 1 aromatic carbocycles. The summed E-state index contributed by atoms with van der Waals surface area (Å²) in [6.07, 6.45) is 4.87. The van der Waals surface area contributed by atoms with Crippen molar-refractivity contribution < 1.29 is 9.90 Å². The Balaban J connectivity index is 1.45. The quantitative estimate of drug-likeness (QED) is 0.862. The number of likely N-dealkylation sites (tertiary alicyclic amines) is 1. The van der Waals surface area contributed by atoms with Crippen molar-refractivity contribution in [1.82, 2.24) is 15.1 Å². The molecule has 3 rings (SSSR count). The van der Waals surface area contributed by atoms with Gasteiger partial charge in [-0.3, -0.25) is 4.90 Å². The van der Waals surface area contributed by atoms with Crippen LogP contribution in [0.3, 0.4) is 0 Å². The monoisotopic (exact) mass is 345 g/mol. The number of benzene rings is 1. The molecule has 1 heterocycles. The summed E-state index contributed by atoms with van der Waals surface area (Å²) in [7, 11) is 1.84. The van der Waals surface area contributed by atoms with E-state index in [1.54, 1.807) is 4.90 Å². The first-order valence-corrected chi connectivity index (χ1v) is 9.58. The first-order valence-electron chi connectivity index (χ1n) is 9.58. The molecule has 1 saturated heterocycles. The summed E-state index contributed by atoms with van der Waals surface area (Å²) >= 11 is 0. The molecular formula is C20H31N3O2. The number of hydrogen-bond acceptors (Lipinski definition) is 3. The Morgan fingerprint density at radius 1 is 1.24 bits per heavy atom. The molecule has 1 saturated carbocycles. The van der Waals surface area contributed by atoms with Crippen LogP contribution in [0.25, 0.3) is 0 Å². The standard InChI is InChI=1S/C20H31N3O2/c1-22(14-17-9-5-11-19(17)24)20(25)21-18-10-6-12-23(15-18)13-16-7-3-2-4-8-16/h2-4,7-8,17-19,24H,5-6,9-15H2,1H3,(H,21,25). The van der Waals surface area contributed by atoms with E-state index in [2.05, 4.69) is 34.5 Å². The van der Waals surface area contributed by atoms with Gasteiger partial charge in [-0.25, -0.2) is 4.79 Å². The van der Waals surface area contributed by atoms with E-state index in [1.807, 2.05) is 13.1 Å². The molecule has 5 nitrogen and oxygen atoms in total. The van der Waals surface area contributed by atoms with Gasteiger partial charge in [-0.2, -0.15) is 0 Å². The van der Waals surface area contributed by atoms with Crippen LogP contribution in [0.1, 0.15) is 37.7 Å². The van der Waals surface area contributed by atoms with Gasteiger partial charge in [-0.05, 0) is 37.8 Å². The summed E-state index contributed by atoms with van der Waals surface area (Å²) in [5, 5.41) is 13.1. The predicted molar refractivity (Wildman–Crippen MR) is 99.3 cm³/mol. The minimum absolute atomic E-state index is 0.00865. The SMILES string of the molecule is CN(CC1CCCC1O)C(=O)NC1CCCN(Cc2ccccc2)C1. The van der Waals surface area contributed by atoms with Gasteiger partial charge in [-0.15, -0.1) is 0 Å². The van der Waals surface area contributed by atoms with Crippen LogP contribution in [0.4, 0.5) is 4.79 Å². The fourth-order valence-electron chi connectivity index (χ4n) is 4.11. The van der Waals surface area contributed by atoms with Crippen LogP contribution in [0.5, 0.6) is 0 Å². The lowest BCUT2D eigenvalue weighted by atomic mass is 10.0. The van der Waals surface area contributed by atoms with Crippen LogP contribution in [0, 0.1) is 5.92 Å². The minimum atomic E-state index is -0.244. The molecule has 0 aromatic heterocycles. The van der Waals surface area contributed by atoms with Gasteiger partial charge in [0.2, 0.25) is 0 Å². The average molecular weight is 345 g/mol. The van der Waals surface area contributed by atoms with E-state index in [9.17, 15) is 9.90 Å². The Hall–Kier alpha value is -1.59. The molecule has 2 aliphatic rings. The first kappa shape index (κ1) is 18.2. The maximum Gasteiger partial charge on any atom is 0.317 e. The molecule has 3 atom stereocenters. The number of carbonyl (C=O) groups is 1. The van der Waals surface area contributed by atoms with Crippen molar-refractivity contribution in [2.24, 2.45) is 5.92 Å². The Bertz CT molecular complexity index is 551. The Kier molecular flexibility index (Phi) is 6.32. The first-order chi connectivity index (χ1) is 12.1. The number of aliphatic hydroxyl groups excluding tert-OH is 1. The summed E-state index contributed by atoms with van der Waals surface area (Å²) in [6, 6.07) is 10.7. The van der Waals surface area contributed by atoms with E-state index >= 15 is 0 Å². The number of nitrogens with one attached hydrogen (secondary N) is 1. The fraction of sp³-hybridized carbons (Fsp3) is 0.650. The number of carbonyl (C=O) groups excluding carboxylic acids is 1. The number of amides is 2. The van der Waals surface area contributed by atoms with Gasteiger partial charge in [0.25, 0.3) is 0 Å². The van der Waals surface area contributed by atoms with Gasteiger partial charge in [0.05, 0.1) is 6.10 Å². The summed E-state index contributed by atoms with van der Waals surface area (Å²) < 4.78 is 0. The Morgan fingerprint density at radius 2 is 2.04 bits per heavy atom. The van der Waals surface area contributed by atoms with E-state index < -0.39 is 0 Å². The fourth-order valence-corrected chi connectivity index (χ4v) is 4.11. The van der Waals surface area contributed by atoms with Crippen LogP contribution < -0.4 is 5.32 Å². The second-order valence-corrected chi connectivity index (χ2v) is 7.65. The molecule has 2 fully saturated rings. The maximum atomic E-state index is 12.5. The highest BCUT2D eigenvalue weighted by Crippen LogP contribution is 2.26. The van der Waals surface area contributed by atoms with E-state index in [0.717, 1.165) is 51.7 Å². The molecule has 1 aliphatic carbocycles. The molecule has 0 radical (unpaired) electrons. The number of nitrogens with zero attached hydrogens (tertiary/aromatic N) is 2. The molecule has 0 spiro atoms. The smallest absolute Gasteiger partial charge is 0.317 e. The topological polar surface area (TPSA) is 55.8 Å². The Labute approximate surface area is 151 Å². The van der Waals surface area contributed by atoms with Crippen molar-refractivity contribution in [2.45, 2.75) is 50.8 Å². The number of piperidine rings is 1. The Morgan fingerprint density at radius 3 is 2.76 bits per heavy atom. The van der Waals surface area contributed by atoms with Gasteiger partial charge in [0.1, 0.15) is 0 Å². The van der Waals surface area contributed by atoms with Crippen molar-refractivity contribution in [3.8, 4) is 0 Å². The lowest BCUT2D eigenvalue weighted by molar-refractivity contribution is 0.111. The molecule has 138 valence electrons. The zero-order chi connectivity index (χ0) is 17.6. The highest BCUT2D eigenvalue weighted by molar-refractivity contribution is 5.74. The zero-order valence-corrected chi connectivity index (χ0v) is 15.2. The normalized spacial score (nSPS) is 27.2. The van der Waals surface area contributed by atoms with Gasteiger partial charge in [-0.1, -0.05) is 36.8 Å². The zero-order valence-electron chi connectivity index (χ0n) is 15.2. The van der Waals surface area contributed by atoms with Crippen LogP contribution >= 0.6 is 0 Å². The number of aliphatic hydroxyl groups is 1. The van der Waals surface area contributed by atoms with Gasteiger partial charge in [0, 0.05) is 38.6 Å². The highest BCUT2D eigenvalue weighted by Gasteiger charge is 2.28. The number of urea groups is 1. The summed E-state index contributed by atoms with van der Waals surface area (Å²) in [5.74, 6) is 0.233. The van der Waals surface area contributed by atoms with Crippen molar-refractivity contribution in [3.63, 3.8) is 0 Å². The average Bonchev–Trinajstić information content (AvgIpc) is 3.01. The van der Waals surface area contributed by atoms with Crippen molar-refractivity contribution in [1.29, 1.82) is 0 Å². The van der Waals surface area contributed by atoms with E-state index in [0.29, 0.717) is 6.54 Å². The van der Waals surface area contributed by atoms with Crippen LogP contribution in [-0.4, -0.2) is 59.8 Å². The maximum absolute atomic E-state index is 12.5. The molecule has 5 heteroatoms. The van der Waals surface area contributed by atoms with Crippen LogP contribution in [0.2, 0.25) is 0 Å². The van der Waals surface area contributed by atoms with Gasteiger partial charge < -0.3 is 15.3 Å². The molecule has 25 heavy (non-hydrogen) atoms. The predicted octanol–water partition coefficient (Wildman–Crippen LogP) is 2.45. The third-order valence-corrected chi connectivity index (χ3v) is 5.56. The second kappa shape index (κ2) is 8.68. The molecule has 2 amide bonds. The summed E-state index contributed by atoms with van der Waals surface area (Å²) in [6.45, 7) is 3.58. The minimum Gasteiger partial charge on any atom is -0.393 e. The number of rotatable bonds is 5. The molecule has 1 aliphatic heterocycles. The molecule has 1 aromatic rings. The second-order valence-electron chi connectivity index (χ2n) is 7.65. The van der Waals surface area contributed by atoms with Crippen LogP contribution in [0.15, 0.2) is 30.3 Å². The molecule has 2 N–H and O–H groups in total. The molecule has 0 bridgehead atoms. The summed E-state index contributed by atoms with van der Waals surface area (Å²) in [5.41, 5.74) is 1.32. The largest absolute Gasteiger partial charge is 0.393 e. The van der Waals surface area contributed by atoms with Crippen LogP contribution in [-0.2, 0) is 6.54 Å². The van der Waals surface area contributed by atoms with E-state index in [4.69, 9.17) is 0 Å². The van der Waals surface area contributed by atoms with Crippen molar-refractivity contribution >= 4 is 6.03 Å². The van der Waals surface area contributed by atoms with E-state index in [1.165, 1.54) is 5.56 Å². The van der Waals surface area contributed by atoms with Crippen molar-refractivity contribution in [3.05, 3.63) is 35.9 Å². The lowest BCUT2D eigenvalue weighted by Crippen LogP contribution is -2.51. The van der Waals surface area contributed by atoms with Gasteiger partial charge >= 0.3 is 6.03 Å². The van der Waals surface area contributed by atoms with Gasteiger partial charge in [0.15, 0.2) is 0 Å². The molecular weight excluding hydrogens is 314 g/mol. The lowest BCUT2D eigenvalue weighted by Gasteiger charge is -2.34. The third-order valence-electron chi connectivity index (χ3n) is 5.56. The highest BCUT2D eigenvalue weighted by atomic mass is 16.3. The molecule has 3 unspecified atom stereocenters. The third kappa shape index (κ3) is 5.19. The van der Waals surface area contributed by atoms with E-state index in [-0.39, 0.29) is 24.1 Å². The number of hydrogen-bond donors (Lipinski definition) is 2. The summed E-state index contributed by atoms with van der Waals surface area (Å²) in [4.78, 5) is 16.7. The van der Waals surface area contributed by atoms with Crippen molar-refractivity contribution in [2.75, 3.05) is 26.7 Å².